The van der Waals surface area contributed by atoms with Gasteiger partial charge in [-0.1, -0.05) is 11.6 Å². The Kier molecular flexibility index (Phi) is 6.78. The lowest BCUT2D eigenvalue weighted by Gasteiger charge is -2.07. The summed E-state index contributed by atoms with van der Waals surface area (Å²) in [5.41, 5.74) is 0.125. The maximum Gasteiger partial charge on any atom is 0.271 e. The van der Waals surface area contributed by atoms with Gasteiger partial charge in [0.1, 0.15) is 17.0 Å². The van der Waals surface area contributed by atoms with Crippen LogP contribution in [0.4, 0.5) is 17.1 Å². The van der Waals surface area contributed by atoms with Crippen LogP contribution >= 0.6 is 23.4 Å². The lowest BCUT2D eigenvalue weighted by Crippen LogP contribution is -2.15. The normalized spacial score (nSPS) is 10.4. The maximum absolute atomic E-state index is 12.2. The SMILES string of the molecule is N#CSc1ccc(N/C=C(/C#N)C(=O)Nc2cc([N+](=O)[O-])ccc2Cl)cc1. The van der Waals surface area contributed by atoms with Crippen LogP contribution in [0.3, 0.4) is 0 Å². The molecule has 0 aliphatic carbocycles. The fourth-order valence-corrected chi connectivity index (χ4v) is 2.43. The van der Waals surface area contributed by atoms with E-state index in [1.54, 1.807) is 30.3 Å². The average molecular weight is 400 g/mol. The molecule has 134 valence electrons. The molecule has 0 spiro atoms. The van der Waals surface area contributed by atoms with Crippen LogP contribution in [0.1, 0.15) is 0 Å². The third-order valence-corrected chi connectivity index (χ3v) is 4.10. The second-order valence-electron chi connectivity index (χ2n) is 4.91. The van der Waals surface area contributed by atoms with Crippen molar-refractivity contribution in [2.75, 3.05) is 10.6 Å². The van der Waals surface area contributed by atoms with E-state index in [0.29, 0.717) is 5.69 Å². The van der Waals surface area contributed by atoms with Crippen LogP contribution in [0, 0.1) is 32.1 Å². The van der Waals surface area contributed by atoms with Gasteiger partial charge in [-0.05, 0) is 42.1 Å². The van der Waals surface area contributed by atoms with Gasteiger partial charge in [0.15, 0.2) is 0 Å². The highest BCUT2D eigenvalue weighted by molar-refractivity contribution is 8.03. The van der Waals surface area contributed by atoms with Crippen LogP contribution in [0.5, 0.6) is 0 Å². The van der Waals surface area contributed by atoms with Crippen molar-refractivity contribution >= 4 is 46.3 Å². The van der Waals surface area contributed by atoms with Crippen molar-refractivity contribution < 1.29 is 9.72 Å². The van der Waals surface area contributed by atoms with Crippen molar-refractivity contribution in [3.05, 3.63) is 69.4 Å². The Hall–Kier alpha value is -3.53. The molecule has 0 aliphatic heterocycles. The molecule has 2 rings (SSSR count). The summed E-state index contributed by atoms with van der Waals surface area (Å²) in [5.74, 6) is -0.774. The number of non-ortho nitro benzene ring substituents is 1. The molecule has 0 saturated heterocycles. The van der Waals surface area contributed by atoms with Crippen molar-refractivity contribution in [3.63, 3.8) is 0 Å². The van der Waals surface area contributed by atoms with E-state index in [4.69, 9.17) is 16.9 Å². The molecule has 0 aromatic heterocycles. The second kappa shape index (κ2) is 9.25. The number of hydrogen-bond donors (Lipinski definition) is 2. The number of nitro benzene ring substituents is 1. The highest BCUT2D eigenvalue weighted by Gasteiger charge is 2.15. The van der Waals surface area contributed by atoms with E-state index in [-0.39, 0.29) is 22.0 Å². The Balaban J connectivity index is 2.13. The van der Waals surface area contributed by atoms with Crippen LogP contribution < -0.4 is 10.6 Å². The molecule has 0 atom stereocenters. The van der Waals surface area contributed by atoms with Gasteiger partial charge in [0.05, 0.1) is 15.6 Å². The molecule has 10 heteroatoms. The van der Waals surface area contributed by atoms with E-state index in [1.165, 1.54) is 18.3 Å². The first-order chi connectivity index (χ1) is 12.9. The van der Waals surface area contributed by atoms with Crippen LogP contribution in [0.2, 0.25) is 5.02 Å². The molecule has 0 heterocycles. The second-order valence-corrected chi connectivity index (χ2v) is 6.17. The Bertz CT molecular complexity index is 993. The molecule has 8 nitrogen and oxygen atoms in total. The Labute approximate surface area is 163 Å². The van der Waals surface area contributed by atoms with E-state index in [0.717, 1.165) is 22.7 Å². The monoisotopic (exact) mass is 399 g/mol. The Morgan fingerprint density at radius 2 is 1.93 bits per heavy atom. The molecular formula is C17H10ClN5O3S. The number of rotatable bonds is 6. The number of benzene rings is 2. The first-order valence-corrected chi connectivity index (χ1v) is 8.42. The first-order valence-electron chi connectivity index (χ1n) is 7.22. The fourth-order valence-electron chi connectivity index (χ4n) is 1.89. The van der Waals surface area contributed by atoms with E-state index in [9.17, 15) is 20.2 Å². The summed E-state index contributed by atoms with van der Waals surface area (Å²) in [6.07, 6.45) is 1.20. The zero-order chi connectivity index (χ0) is 19.8. The molecule has 0 aliphatic rings. The third-order valence-electron chi connectivity index (χ3n) is 3.18. The van der Waals surface area contributed by atoms with Crippen LogP contribution in [0.25, 0.3) is 0 Å². The number of nitriles is 2. The molecule has 0 radical (unpaired) electrons. The van der Waals surface area contributed by atoms with Crippen molar-refractivity contribution in [3.8, 4) is 11.5 Å². The van der Waals surface area contributed by atoms with Crippen molar-refractivity contribution in [2.24, 2.45) is 0 Å². The first kappa shape index (κ1) is 19.8. The molecule has 27 heavy (non-hydrogen) atoms. The van der Waals surface area contributed by atoms with Gasteiger partial charge in [0.25, 0.3) is 11.6 Å². The number of thioether (sulfide) groups is 1. The minimum Gasteiger partial charge on any atom is -0.360 e. The number of nitrogens with zero attached hydrogens (tertiary/aromatic N) is 3. The highest BCUT2D eigenvalue weighted by atomic mass is 35.5. The molecule has 2 N–H and O–H groups in total. The summed E-state index contributed by atoms with van der Waals surface area (Å²) in [6.45, 7) is 0. The summed E-state index contributed by atoms with van der Waals surface area (Å²) in [7, 11) is 0. The minimum absolute atomic E-state index is 0.0231. The van der Waals surface area contributed by atoms with Crippen LogP contribution in [-0.2, 0) is 4.79 Å². The van der Waals surface area contributed by atoms with Gasteiger partial charge in [0.2, 0.25) is 0 Å². The van der Waals surface area contributed by atoms with Gasteiger partial charge < -0.3 is 10.6 Å². The summed E-state index contributed by atoms with van der Waals surface area (Å²) in [4.78, 5) is 23.2. The summed E-state index contributed by atoms with van der Waals surface area (Å²) in [5, 5.41) is 35.8. The molecular weight excluding hydrogens is 390 g/mol. The van der Waals surface area contributed by atoms with Gasteiger partial charge in [-0.15, -0.1) is 0 Å². The van der Waals surface area contributed by atoms with Crippen molar-refractivity contribution in [1.82, 2.24) is 0 Å². The number of anilines is 2. The summed E-state index contributed by atoms with van der Waals surface area (Å²) >= 11 is 6.94. The smallest absolute Gasteiger partial charge is 0.271 e. The van der Waals surface area contributed by atoms with Gasteiger partial charge in [0, 0.05) is 28.9 Å². The molecule has 1 amide bonds. The molecule has 0 saturated carbocycles. The number of amides is 1. The van der Waals surface area contributed by atoms with Gasteiger partial charge in [-0.3, -0.25) is 14.9 Å². The number of carbonyl (C=O) groups is 1. The van der Waals surface area contributed by atoms with Crippen molar-refractivity contribution in [2.45, 2.75) is 4.90 Å². The zero-order valence-electron chi connectivity index (χ0n) is 13.5. The highest BCUT2D eigenvalue weighted by Crippen LogP contribution is 2.27. The quantitative estimate of drug-likeness (QED) is 0.185. The Morgan fingerprint density at radius 1 is 1.22 bits per heavy atom. The van der Waals surface area contributed by atoms with Crippen LogP contribution in [0.15, 0.2) is 59.1 Å². The van der Waals surface area contributed by atoms with E-state index in [2.05, 4.69) is 10.6 Å². The Morgan fingerprint density at radius 3 is 2.52 bits per heavy atom. The average Bonchev–Trinajstić information content (AvgIpc) is 2.65. The van der Waals surface area contributed by atoms with Crippen LogP contribution in [-0.4, -0.2) is 10.8 Å². The van der Waals surface area contributed by atoms with E-state index in [1.807, 2.05) is 5.40 Å². The van der Waals surface area contributed by atoms with Gasteiger partial charge in [-0.25, -0.2) is 0 Å². The number of thiocyanates is 1. The lowest BCUT2D eigenvalue weighted by atomic mass is 10.2. The van der Waals surface area contributed by atoms with Gasteiger partial charge >= 0.3 is 0 Å². The standard InChI is InChI=1S/C17H10ClN5O3S/c18-15-6-3-13(23(25)26)7-16(15)22-17(24)11(8-19)9-21-12-1-4-14(5-2-12)27-10-20/h1-7,9,21H,(H,22,24)/b11-9-. The zero-order valence-corrected chi connectivity index (χ0v) is 15.0. The topological polar surface area (TPSA) is 132 Å². The number of nitrogens with one attached hydrogen (secondary N) is 2. The molecule has 0 bridgehead atoms. The minimum atomic E-state index is -0.774. The molecule has 2 aromatic carbocycles. The summed E-state index contributed by atoms with van der Waals surface area (Å²) in [6, 6.07) is 12.1. The van der Waals surface area contributed by atoms with Crippen molar-refractivity contribution in [1.29, 1.82) is 10.5 Å². The predicted molar refractivity (Wildman–Crippen MR) is 102 cm³/mol. The number of carbonyl (C=O) groups excluding carboxylic acids is 1. The number of hydrogen-bond acceptors (Lipinski definition) is 7. The molecule has 0 fully saturated rings. The fraction of sp³-hybridized carbons (Fsp3) is 0. The van der Waals surface area contributed by atoms with Gasteiger partial charge in [-0.2, -0.15) is 10.5 Å². The third kappa shape index (κ3) is 5.47. The summed E-state index contributed by atoms with van der Waals surface area (Å²) < 4.78 is 0. The van der Waals surface area contributed by atoms with E-state index >= 15 is 0 Å². The maximum atomic E-state index is 12.2. The molecule has 2 aromatic rings. The van der Waals surface area contributed by atoms with E-state index < -0.39 is 10.8 Å². The largest absolute Gasteiger partial charge is 0.360 e. The lowest BCUT2D eigenvalue weighted by molar-refractivity contribution is -0.384. The predicted octanol–water partition coefficient (Wildman–Crippen LogP) is 4.28. The number of halogens is 1. The molecule has 0 unspecified atom stereocenters. The number of nitro groups is 1.